The molecule has 1 aliphatic rings. The summed E-state index contributed by atoms with van der Waals surface area (Å²) in [6.45, 7) is 6.27. The van der Waals surface area contributed by atoms with Gasteiger partial charge in [-0.25, -0.2) is 0 Å². The fourth-order valence-corrected chi connectivity index (χ4v) is 6.59. The average molecular weight is 381 g/mol. The van der Waals surface area contributed by atoms with E-state index in [-0.39, 0.29) is 23.1 Å². The fourth-order valence-electron chi connectivity index (χ4n) is 3.52. The highest BCUT2D eigenvalue weighted by molar-refractivity contribution is 8.34. The summed E-state index contributed by atoms with van der Waals surface area (Å²) < 4.78 is 10.6. The first-order chi connectivity index (χ1) is 12.3. The van der Waals surface area contributed by atoms with E-state index in [1.54, 1.807) is 0 Å². The summed E-state index contributed by atoms with van der Waals surface area (Å²) in [7, 11) is 0.124. The van der Waals surface area contributed by atoms with Gasteiger partial charge in [0.15, 0.2) is 0 Å². The third-order valence-corrected chi connectivity index (χ3v) is 8.86. The van der Waals surface area contributed by atoms with Crippen LogP contribution in [0, 0.1) is 5.92 Å². The number of carbonyl (C=O) groups is 2. The first-order valence-corrected chi connectivity index (χ1v) is 11.8. The zero-order chi connectivity index (χ0) is 19.3. The minimum absolute atomic E-state index is 0.106. The van der Waals surface area contributed by atoms with Crippen molar-refractivity contribution in [3.05, 3.63) is 35.4 Å². The van der Waals surface area contributed by atoms with Crippen LogP contribution in [0.2, 0.25) is 0 Å². The van der Waals surface area contributed by atoms with Gasteiger partial charge in [-0.1, -0.05) is 38.1 Å². The topological polar surface area (TPSA) is 52.6 Å². The molecule has 0 spiro atoms. The Balaban J connectivity index is 1.95. The molecule has 0 saturated carbocycles. The van der Waals surface area contributed by atoms with Crippen LogP contribution < -0.4 is 0 Å². The van der Waals surface area contributed by atoms with Crippen LogP contribution in [0.15, 0.2) is 24.3 Å². The van der Waals surface area contributed by atoms with E-state index in [1.807, 2.05) is 19.1 Å². The molecule has 0 amide bonds. The molecule has 1 aromatic rings. The van der Waals surface area contributed by atoms with Gasteiger partial charge in [-0.15, -0.1) is 0 Å². The van der Waals surface area contributed by atoms with E-state index >= 15 is 0 Å². The molecule has 1 fully saturated rings. The van der Waals surface area contributed by atoms with Crippen LogP contribution in [-0.4, -0.2) is 42.2 Å². The van der Waals surface area contributed by atoms with Crippen LogP contribution in [0.5, 0.6) is 0 Å². The zero-order valence-corrected chi connectivity index (χ0v) is 17.4. The second kappa shape index (κ2) is 8.94. The minimum Gasteiger partial charge on any atom is -0.468 e. The van der Waals surface area contributed by atoms with Crippen LogP contribution in [0.4, 0.5) is 0 Å². The number of hydrogen-bond donors (Lipinski definition) is 0. The highest BCUT2D eigenvalue weighted by atomic mass is 32.3. The number of ether oxygens (including phenoxy) is 2. The summed E-state index contributed by atoms with van der Waals surface area (Å²) in [6.07, 6.45) is 4.97. The summed E-state index contributed by atoms with van der Waals surface area (Å²) in [4.78, 5) is 24.5. The van der Waals surface area contributed by atoms with E-state index in [1.165, 1.54) is 12.7 Å². The van der Waals surface area contributed by atoms with Crippen LogP contribution >= 0.6 is 10.0 Å². The maximum Gasteiger partial charge on any atom is 0.317 e. The van der Waals surface area contributed by atoms with Gasteiger partial charge in [-0.2, -0.15) is 10.0 Å². The van der Waals surface area contributed by atoms with Crippen LogP contribution in [0.25, 0.3) is 0 Å². The van der Waals surface area contributed by atoms with Gasteiger partial charge in [-0.05, 0) is 55.2 Å². The minimum atomic E-state index is -1.30. The maximum absolute atomic E-state index is 12.5. The summed E-state index contributed by atoms with van der Waals surface area (Å²) in [5, 5.41) is -0.106. The number of hydrogen-bond acceptors (Lipinski definition) is 4. The van der Waals surface area contributed by atoms with E-state index in [9.17, 15) is 9.59 Å². The lowest BCUT2D eigenvalue weighted by molar-refractivity contribution is -0.143. The summed E-state index contributed by atoms with van der Waals surface area (Å²) in [5.41, 5.74) is 2.26. The lowest BCUT2D eigenvalue weighted by atomic mass is 9.97. The van der Waals surface area contributed by atoms with Crippen molar-refractivity contribution in [1.29, 1.82) is 0 Å². The molecule has 1 aromatic carbocycles. The standard InChI is InChI=1S/C21H32O4S/c1-15(2)13-17-8-10-18(11-9-17)16(3)20(22)25-14-26(5)12-6-7-19(26)21(23)24-4/h8-11,15-16,19H,6-7,12-14H2,1-5H3. The molecule has 1 saturated heterocycles. The second-order valence-electron chi connectivity index (χ2n) is 7.85. The Morgan fingerprint density at radius 3 is 2.42 bits per heavy atom. The lowest BCUT2D eigenvalue weighted by Crippen LogP contribution is -2.28. The van der Waals surface area contributed by atoms with Gasteiger partial charge < -0.3 is 9.47 Å². The molecule has 0 radical (unpaired) electrons. The summed E-state index contributed by atoms with van der Waals surface area (Å²) in [6, 6.07) is 8.22. The first kappa shape index (κ1) is 20.8. The SMILES string of the molecule is COC(=O)C1CCCS1(C)COC(=O)C(C)c1ccc(CC(C)C)cc1. The Kier molecular flexibility index (Phi) is 7.16. The smallest absolute Gasteiger partial charge is 0.317 e. The molecule has 0 aliphatic carbocycles. The Morgan fingerprint density at radius 2 is 1.85 bits per heavy atom. The quantitative estimate of drug-likeness (QED) is 0.663. The summed E-state index contributed by atoms with van der Waals surface area (Å²) >= 11 is 0. The molecule has 0 N–H and O–H groups in total. The Morgan fingerprint density at radius 1 is 1.19 bits per heavy atom. The van der Waals surface area contributed by atoms with Gasteiger partial charge >= 0.3 is 11.9 Å². The number of rotatable bonds is 7. The van der Waals surface area contributed by atoms with Crippen molar-refractivity contribution < 1.29 is 19.1 Å². The molecule has 3 unspecified atom stereocenters. The molecule has 1 aliphatic heterocycles. The first-order valence-electron chi connectivity index (χ1n) is 9.32. The average Bonchev–Trinajstić information content (AvgIpc) is 3.00. The number of carbonyl (C=O) groups excluding carboxylic acids is 2. The highest BCUT2D eigenvalue weighted by Crippen LogP contribution is 2.56. The van der Waals surface area contributed by atoms with E-state index < -0.39 is 10.0 Å². The molecule has 3 atom stereocenters. The molecule has 1 heterocycles. The number of benzene rings is 1. The van der Waals surface area contributed by atoms with E-state index in [0.29, 0.717) is 11.9 Å². The van der Waals surface area contributed by atoms with Gasteiger partial charge in [-0.3, -0.25) is 9.59 Å². The van der Waals surface area contributed by atoms with Crippen LogP contribution in [0.1, 0.15) is 50.7 Å². The molecule has 146 valence electrons. The highest BCUT2D eigenvalue weighted by Gasteiger charge is 2.41. The van der Waals surface area contributed by atoms with E-state index in [4.69, 9.17) is 9.47 Å². The van der Waals surface area contributed by atoms with Crippen molar-refractivity contribution in [1.82, 2.24) is 0 Å². The Bertz CT molecular complexity index is 625. The van der Waals surface area contributed by atoms with Gasteiger partial charge in [0, 0.05) is 0 Å². The maximum atomic E-state index is 12.5. The fraction of sp³-hybridized carbons (Fsp3) is 0.619. The van der Waals surface area contributed by atoms with Crippen molar-refractivity contribution in [3.63, 3.8) is 0 Å². The third-order valence-electron chi connectivity index (χ3n) is 5.18. The molecule has 5 heteroatoms. The largest absolute Gasteiger partial charge is 0.468 e. The Hall–Kier alpha value is -1.49. The predicted octanol–water partition coefficient (Wildman–Crippen LogP) is 4.26. The van der Waals surface area contributed by atoms with Crippen molar-refractivity contribution in [2.75, 3.05) is 25.1 Å². The van der Waals surface area contributed by atoms with E-state index in [0.717, 1.165) is 30.6 Å². The van der Waals surface area contributed by atoms with Gasteiger partial charge in [0.1, 0.15) is 5.94 Å². The normalized spacial score (nSPS) is 26.2. The predicted molar refractivity (Wildman–Crippen MR) is 108 cm³/mol. The van der Waals surface area contributed by atoms with Crippen molar-refractivity contribution in [3.8, 4) is 0 Å². The third kappa shape index (κ3) is 5.03. The molecule has 0 bridgehead atoms. The molecule has 4 nitrogen and oxygen atoms in total. The van der Waals surface area contributed by atoms with Crippen molar-refractivity contribution in [2.45, 2.75) is 51.2 Å². The molecular formula is C21H32O4S. The van der Waals surface area contributed by atoms with Crippen LogP contribution in [0.3, 0.4) is 0 Å². The van der Waals surface area contributed by atoms with E-state index in [2.05, 4.69) is 32.2 Å². The molecule has 0 aromatic heterocycles. The molecular weight excluding hydrogens is 348 g/mol. The van der Waals surface area contributed by atoms with Crippen LogP contribution in [-0.2, 0) is 25.5 Å². The number of methoxy groups -OCH3 is 1. The lowest BCUT2D eigenvalue weighted by Gasteiger charge is -2.35. The zero-order valence-electron chi connectivity index (χ0n) is 16.6. The van der Waals surface area contributed by atoms with Crippen molar-refractivity contribution in [2.24, 2.45) is 5.92 Å². The molecule has 26 heavy (non-hydrogen) atoms. The van der Waals surface area contributed by atoms with Gasteiger partial charge in [0.05, 0.1) is 18.3 Å². The monoisotopic (exact) mass is 380 g/mol. The Labute approximate surface area is 159 Å². The summed E-state index contributed by atoms with van der Waals surface area (Å²) in [5.74, 6) is 1.24. The molecule has 2 rings (SSSR count). The second-order valence-corrected chi connectivity index (χ2v) is 11.8. The van der Waals surface area contributed by atoms with Crippen molar-refractivity contribution >= 4 is 22.0 Å². The van der Waals surface area contributed by atoms with Gasteiger partial charge in [0.2, 0.25) is 0 Å². The number of esters is 2. The van der Waals surface area contributed by atoms with Gasteiger partial charge in [0.25, 0.3) is 0 Å².